The normalized spacial score (nSPS) is 12.3. The number of halogens is 3. The number of hydrogen-bond acceptors (Lipinski definition) is 5. The molecule has 0 atom stereocenters. The molecule has 0 spiro atoms. The van der Waals surface area contributed by atoms with Gasteiger partial charge in [0.25, 0.3) is 5.91 Å². The average Bonchev–Trinajstić information content (AvgIpc) is 2.96. The summed E-state index contributed by atoms with van der Waals surface area (Å²) < 4.78 is 41.5. The van der Waals surface area contributed by atoms with E-state index in [1.54, 1.807) is 19.2 Å². The molecule has 0 bridgehead atoms. The highest BCUT2D eigenvalue weighted by Gasteiger charge is 2.38. The summed E-state index contributed by atoms with van der Waals surface area (Å²) >= 11 is 0. The molecule has 0 fully saturated rings. The van der Waals surface area contributed by atoms with Crippen molar-refractivity contribution in [3.8, 4) is 11.4 Å². The fourth-order valence-corrected chi connectivity index (χ4v) is 2.03. The highest BCUT2D eigenvalue weighted by atomic mass is 19.4. The van der Waals surface area contributed by atoms with E-state index in [4.69, 9.17) is 0 Å². The minimum absolute atomic E-state index is 0.171. The summed E-state index contributed by atoms with van der Waals surface area (Å²) in [6, 6.07) is 6.33. The second-order valence-electron chi connectivity index (χ2n) is 5.84. The fourth-order valence-electron chi connectivity index (χ4n) is 2.03. The zero-order valence-electron chi connectivity index (χ0n) is 13.3. The third-order valence-electron chi connectivity index (χ3n) is 3.17. The Bertz CT molecular complexity index is 718. The Balaban J connectivity index is 2.11. The molecule has 9 heteroatoms. The number of aromatic nitrogens is 2. The second kappa shape index (κ2) is 6.23. The SMILES string of the molecule is CN(Cc1ccc(-c2noc(C(F)(F)F)n2)cc1)C(=O)C(C)(C)O. The van der Waals surface area contributed by atoms with Gasteiger partial charge in [0.05, 0.1) is 0 Å². The zero-order chi connectivity index (χ0) is 18.1. The number of carbonyl (C=O) groups is 1. The van der Waals surface area contributed by atoms with Crippen molar-refractivity contribution in [3.63, 3.8) is 0 Å². The summed E-state index contributed by atoms with van der Waals surface area (Å²) in [6.45, 7) is 3.02. The number of likely N-dealkylation sites (N-methyl/N-ethyl adjacent to an activating group) is 1. The largest absolute Gasteiger partial charge is 0.471 e. The van der Waals surface area contributed by atoms with Crippen molar-refractivity contribution in [2.24, 2.45) is 0 Å². The minimum atomic E-state index is -4.69. The van der Waals surface area contributed by atoms with E-state index in [2.05, 4.69) is 14.7 Å². The molecule has 24 heavy (non-hydrogen) atoms. The number of amides is 1. The highest BCUT2D eigenvalue weighted by molar-refractivity contribution is 5.83. The number of rotatable bonds is 4. The van der Waals surface area contributed by atoms with Crippen LogP contribution in [0.15, 0.2) is 28.8 Å². The van der Waals surface area contributed by atoms with Crippen molar-refractivity contribution in [2.45, 2.75) is 32.2 Å². The first kappa shape index (κ1) is 17.9. The fraction of sp³-hybridized carbons (Fsp3) is 0.400. The molecular weight excluding hydrogens is 327 g/mol. The van der Waals surface area contributed by atoms with Gasteiger partial charge in [-0.2, -0.15) is 18.2 Å². The Morgan fingerprint density at radius 1 is 1.25 bits per heavy atom. The van der Waals surface area contributed by atoms with Crippen LogP contribution in [0.1, 0.15) is 25.3 Å². The van der Waals surface area contributed by atoms with Crippen LogP contribution in [-0.2, 0) is 17.5 Å². The van der Waals surface area contributed by atoms with E-state index < -0.39 is 23.6 Å². The Hall–Kier alpha value is -2.42. The molecule has 1 aromatic heterocycles. The van der Waals surface area contributed by atoms with Gasteiger partial charge in [0.1, 0.15) is 5.60 Å². The molecular formula is C15H16F3N3O3. The number of alkyl halides is 3. The first-order chi connectivity index (χ1) is 11.0. The van der Waals surface area contributed by atoms with Gasteiger partial charge in [0.2, 0.25) is 5.82 Å². The van der Waals surface area contributed by atoms with Crippen molar-refractivity contribution in [3.05, 3.63) is 35.7 Å². The van der Waals surface area contributed by atoms with E-state index >= 15 is 0 Å². The quantitative estimate of drug-likeness (QED) is 0.923. The monoisotopic (exact) mass is 343 g/mol. The average molecular weight is 343 g/mol. The summed E-state index contributed by atoms with van der Waals surface area (Å²) in [5, 5.41) is 13.0. The second-order valence-corrected chi connectivity index (χ2v) is 5.84. The van der Waals surface area contributed by atoms with Gasteiger partial charge in [-0.05, 0) is 19.4 Å². The van der Waals surface area contributed by atoms with Crippen LogP contribution in [0.2, 0.25) is 0 Å². The lowest BCUT2D eigenvalue weighted by atomic mass is 10.1. The minimum Gasteiger partial charge on any atom is -0.381 e. The van der Waals surface area contributed by atoms with Crippen LogP contribution < -0.4 is 0 Å². The summed E-state index contributed by atoms with van der Waals surface area (Å²) in [5.74, 6) is -2.02. The van der Waals surface area contributed by atoms with Gasteiger partial charge in [-0.1, -0.05) is 29.4 Å². The van der Waals surface area contributed by atoms with Crippen molar-refractivity contribution in [2.75, 3.05) is 7.05 Å². The molecule has 130 valence electrons. The topological polar surface area (TPSA) is 79.5 Å². The summed E-state index contributed by atoms with van der Waals surface area (Å²) in [7, 11) is 1.54. The van der Waals surface area contributed by atoms with Gasteiger partial charge in [-0.3, -0.25) is 4.79 Å². The Morgan fingerprint density at radius 2 is 1.83 bits per heavy atom. The van der Waals surface area contributed by atoms with E-state index in [0.717, 1.165) is 5.56 Å². The predicted octanol–water partition coefficient (Wildman–Crippen LogP) is 2.48. The molecule has 0 unspecified atom stereocenters. The van der Waals surface area contributed by atoms with Crippen LogP contribution in [0.5, 0.6) is 0 Å². The molecule has 2 rings (SSSR count). The van der Waals surface area contributed by atoms with E-state index in [-0.39, 0.29) is 12.4 Å². The molecule has 0 aliphatic carbocycles. The van der Waals surface area contributed by atoms with Crippen LogP contribution in [0.3, 0.4) is 0 Å². The van der Waals surface area contributed by atoms with E-state index in [9.17, 15) is 23.1 Å². The first-order valence-corrected chi connectivity index (χ1v) is 6.96. The lowest BCUT2D eigenvalue weighted by Crippen LogP contribution is -2.42. The number of benzene rings is 1. The molecule has 0 radical (unpaired) electrons. The maximum atomic E-state index is 12.4. The predicted molar refractivity (Wildman–Crippen MR) is 77.5 cm³/mol. The van der Waals surface area contributed by atoms with Gasteiger partial charge >= 0.3 is 12.1 Å². The molecule has 0 aliphatic heterocycles. The van der Waals surface area contributed by atoms with Crippen molar-refractivity contribution < 1.29 is 27.6 Å². The Labute approximate surface area is 135 Å². The van der Waals surface area contributed by atoms with Gasteiger partial charge < -0.3 is 14.5 Å². The third-order valence-corrected chi connectivity index (χ3v) is 3.17. The van der Waals surface area contributed by atoms with Crippen LogP contribution in [0.4, 0.5) is 13.2 Å². The van der Waals surface area contributed by atoms with Crippen LogP contribution >= 0.6 is 0 Å². The summed E-state index contributed by atoms with van der Waals surface area (Å²) in [4.78, 5) is 16.5. The molecule has 6 nitrogen and oxygen atoms in total. The Morgan fingerprint density at radius 3 is 2.29 bits per heavy atom. The van der Waals surface area contributed by atoms with Crippen LogP contribution in [0.25, 0.3) is 11.4 Å². The lowest BCUT2D eigenvalue weighted by Gasteiger charge is -2.25. The first-order valence-electron chi connectivity index (χ1n) is 6.96. The standard InChI is InChI=1S/C15H16F3N3O3/c1-14(2,23)13(22)21(3)8-9-4-6-10(7-5-9)11-19-12(24-20-11)15(16,17)18/h4-7,23H,8H2,1-3H3. The lowest BCUT2D eigenvalue weighted by molar-refractivity contribution is -0.159. The molecule has 1 N–H and O–H groups in total. The van der Waals surface area contributed by atoms with E-state index in [1.807, 2.05) is 0 Å². The van der Waals surface area contributed by atoms with Gasteiger partial charge in [-0.15, -0.1) is 0 Å². The van der Waals surface area contributed by atoms with Gasteiger partial charge in [-0.25, -0.2) is 0 Å². The number of nitrogens with zero attached hydrogens (tertiary/aromatic N) is 3. The van der Waals surface area contributed by atoms with E-state index in [1.165, 1.54) is 30.9 Å². The van der Waals surface area contributed by atoms with E-state index in [0.29, 0.717) is 5.56 Å². The molecule has 2 aromatic rings. The number of aliphatic hydroxyl groups is 1. The molecule has 0 saturated heterocycles. The molecule has 1 amide bonds. The van der Waals surface area contributed by atoms with Crippen LogP contribution in [0, 0.1) is 0 Å². The summed E-state index contributed by atoms with van der Waals surface area (Å²) in [5.41, 5.74) is -0.388. The smallest absolute Gasteiger partial charge is 0.381 e. The number of carbonyl (C=O) groups excluding carboxylic acids is 1. The molecule has 0 aliphatic rings. The molecule has 1 heterocycles. The van der Waals surface area contributed by atoms with Crippen molar-refractivity contribution in [1.29, 1.82) is 0 Å². The van der Waals surface area contributed by atoms with Gasteiger partial charge in [0.15, 0.2) is 0 Å². The maximum absolute atomic E-state index is 12.4. The van der Waals surface area contributed by atoms with Crippen molar-refractivity contribution in [1.82, 2.24) is 15.0 Å². The maximum Gasteiger partial charge on any atom is 0.471 e. The molecule has 0 saturated carbocycles. The van der Waals surface area contributed by atoms with Crippen LogP contribution in [-0.4, -0.2) is 38.7 Å². The highest BCUT2D eigenvalue weighted by Crippen LogP contribution is 2.29. The zero-order valence-corrected chi connectivity index (χ0v) is 13.3. The summed E-state index contributed by atoms with van der Waals surface area (Å²) in [6.07, 6.45) is -4.69. The van der Waals surface area contributed by atoms with Crippen molar-refractivity contribution >= 4 is 5.91 Å². The third kappa shape index (κ3) is 4.10. The molecule has 1 aromatic carbocycles. The van der Waals surface area contributed by atoms with Gasteiger partial charge in [0, 0.05) is 19.2 Å². The Kier molecular flexibility index (Phi) is 4.66. The number of hydrogen-bond donors (Lipinski definition) is 1.